The molecule has 0 saturated carbocycles. The molecule has 1 aliphatic rings. The second-order valence-corrected chi connectivity index (χ2v) is 7.09. The Morgan fingerprint density at radius 1 is 1.29 bits per heavy atom. The Balaban J connectivity index is 2.43. The Morgan fingerprint density at radius 2 is 1.96 bits per heavy atom. The summed E-state index contributed by atoms with van der Waals surface area (Å²) in [7, 11) is 3.27. The molecule has 1 heterocycles. The first kappa shape index (κ1) is 18.4. The van der Waals surface area contributed by atoms with Gasteiger partial charge in [0.25, 0.3) is 0 Å². The van der Waals surface area contributed by atoms with Gasteiger partial charge < -0.3 is 24.8 Å². The van der Waals surface area contributed by atoms with E-state index in [-0.39, 0.29) is 12.1 Å². The number of hydrogen-bond acceptors (Lipinski definition) is 5. The number of fused-ring (bicyclic) bond motifs is 1. The van der Waals surface area contributed by atoms with Crippen LogP contribution in [0.1, 0.15) is 44.4 Å². The van der Waals surface area contributed by atoms with Crippen molar-refractivity contribution in [1.29, 1.82) is 0 Å². The summed E-state index contributed by atoms with van der Waals surface area (Å²) in [6, 6.07) is 1.89. The molecule has 0 bridgehead atoms. The molecule has 1 atom stereocenters. The van der Waals surface area contributed by atoms with Gasteiger partial charge in [0.2, 0.25) is 0 Å². The lowest BCUT2D eigenvalue weighted by atomic mass is 9.91. The van der Waals surface area contributed by atoms with Crippen LogP contribution in [0.3, 0.4) is 0 Å². The highest BCUT2D eigenvalue weighted by atomic mass is 16.6. The smallest absolute Gasteiger partial charge is 0.410 e. The van der Waals surface area contributed by atoms with Crippen molar-refractivity contribution in [3.63, 3.8) is 0 Å². The van der Waals surface area contributed by atoms with Crippen molar-refractivity contribution in [1.82, 2.24) is 4.90 Å². The first-order valence-corrected chi connectivity index (χ1v) is 8.17. The van der Waals surface area contributed by atoms with Crippen LogP contribution < -0.4 is 15.2 Å². The van der Waals surface area contributed by atoms with E-state index in [1.807, 2.05) is 33.8 Å². The highest BCUT2D eigenvalue weighted by Gasteiger charge is 2.34. The normalized spacial score (nSPS) is 17.3. The van der Waals surface area contributed by atoms with Gasteiger partial charge in [0, 0.05) is 29.3 Å². The molecule has 0 aromatic heterocycles. The Labute approximate surface area is 143 Å². The van der Waals surface area contributed by atoms with Crippen LogP contribution >= 0.6 is 0 Å². The SMILES string of the molecule is COc1cc(CN)c(OC)c2c1CN(C(=O)OC(C)(C)C)C(C)C2. The summed E-state index contributed by atoms with van der Waals surface area (Å²) in [6.07, 6.45) is 0.353. The summed E-state index contributed by atoms with van der Waals surface area (Å²) in [4.78, 5) is 14.3. The van der Waals surface area contributed by atoms with Gasteiger partial charge in [0.15, 0.2) is 0 Å². The van der Waals surface area contributed by atoms with E-state index in [1.165, 1.54) is 0 Å². The number of nitrogens with two attached hydrogens (primary N) is 1. The molecule has 1 aliphatic heterocycles. The predicted molar refractivity (Wildman–Crippen MR) is 92.4 cm³/mol. The Hall–Kier alpha value is -1.95. The number of hydrogen-bond donors (Lipinski definition) is 1. The second kappa shape index (κ2) is 6.89. The minimum atomic E-state index is -0.526. The number of ether oxygens (including phenoxy) is 3. The monoisotopic (exact) mass is 336 g/mol. The largest absolute Gasteiger partial charge is 0.496 e. The fourth-order valence-corrected chi connectivity index (χ4v) is 3.06. The fraction of sp³-hybridized carbons (Fsp3) is 0.611. The minimum absolute atomic E-state index is 0.000944. The molecule has 0 spiro atoms. The van der Waals surface area contributed by atoms with Gasteiger partial charge in [0.1, 0.15) is 17.1 Å². The summed E-state index contributed by atoms with van der Waals surface area (Å²) in [5.41, 5.74) is 8.24. The van der Waals surface area contributed by atoms with Crippen molar-refractivity contribution in [3.8, 4) is 11.5 Å². The van der Waals surface area contributed by atoms with Gasteiger partial charge in [-0.2, -0.15) is 0 Å². The predicted octanol–water partition coefficient (Wildman–Crippen LogP) is 2.84. The van der Waals surface area contributed by atoms with E-state index in [4.69, 9.17) is 19.9 Å². The number of carbonyl (C=O) groups excluding carboxylic acids is 1. The molecule has 2 N–H and O–H groups in total. The van der Waals surface area contributed by atoms with E-state index < -0.39 is 5.60 Å². The third-order valence-corrected chi connectivity index (χ3v) is 4.16. The van der Waals surface area contributed by atoms with Crippen LogP contribution in [0.15, 0.2) is 6.07 Å². The molecule has 6 heteroatoms. The molecule has 0 saturated heterocycles. The van der Waals surface area contributed by atoms with Crippen LogP contribution in [0.5, 0.6) is 11.5 Å². The minimum Gasteiger partial charge on any atom is -0.496 e. The highest BCUT2D eigenvalue weighted by Crippen LogP contribution is 2.39. The van der Waals surface area contributed by atoms with Crippen LogP contribution in [-0.2, 0) is 24.2 Å². The van der Waals surface area contributed by atoms with Crippen molar-refractivity contribution in [2.75, 3.05) is 14.2 Å². The average Bonchev–Trinajstić information content (AvgIpc) is 2.50. The van der Waals surface area contributed by atoms with Gasteiger partial charge in [-0.1, -0.05) is 0 Å². The van der Waals surface area contributed by atoms with Gasteiger partial charge in [-0.05, 0) is 40.2 Å². The Bertz CT molecular complexity index is 622. The summed E-state index contributed by atoms with van der Waals surface area (Å²) < 4.78 is 16.6. The van der Waals surface area contributed by atoms with Gasteiger partial charge >= 0.3 is 6.09 Å². The lowest BCUT2D eigenvalue weighted by Crippen LogP contribution is -2.45. The van der Waals surface area contributed by atoms with Crippen LogP contribution in [0.4, 0.5) is 4.79 Å². The van der Waals surface area contributed by atoms with E-state index in [0.717, 1.165) is 28.2 Å². The zero-order valence-electron chi connectivity index (χ0n) is 15.4. The Kier molecular flexibility index (Phi) is 5.28. The quantitative estimate of drug-likeness (QED) is 0.919. The standard InChI is InChI=1S/C18H28N2O4/c1-11-7-13-14(10-20(11)17(21)24-18(2,3)4)15(22-5)8-12(9-19)16(13)23-6/h8,11H,7,9-10,19H2,1-6H3. The van der Waals surface area contributed by atoms with Gasteiger partial charge in [-0.25, -0.2) is 4.79 Å². The van der Waals surface area contributed by atoms with Crippen molar-refractivity contribution < 1.29 is 19.0 Å². The lowest BCUT2D eigenvalue weighted by molar-refractivity contribution is 0.0135. The van der Waals surface area contributed by atoms with E-state index in [2.05, 4.69) is 0 Å². The molecule has 6 nitrogen and oxygen atoms in total. The molecule has 0 aliphatic carbocycles. The molecule has 1 amide bonds. The summed E-state index contributed by atoms with van der Waals surface area (Å²) in [5.74, 6) is 1.52. The van der Waals surface area contributed by atoms with Crippen LogP contribution in [0, 0.1) is 0 Å². The third-order valence-electron chi connectivity index (χ3n) is 4.16. The van der Waals surface area contributed by atoms with E-state index in [0.29, 0.717) is 19.5 Å². The van der Waals surface area contributed by atoms with E-state index in [1.54, 1.807) is 19.1 Å². The Morgan fingerprint density at radius 3 is 2.46 bits per heavy atom. The number of rotatable bonds is 3. The molecular weight excluding hydrogens is 308 g/mol. The maximum atomic E-state index is 12.5. The molecule has 24 heavy (non-hydrogen) atoms. The zero-order valence-corrected chi connectivity index (χ0v) is 15.4. The van der Waals surface area contributed by atoms with Crippen molar-refractivity contribution >= 4 is 6.09 Å². The molecule has 134 valence electrons. The molecule has 0 fully saturated rings. The lowest BCUT2D eigenvalue weighted by Gasteiger charge is -2.37. The van der Waals surface area contributed by atoms with Gasteiger partial charge in [0.05, 0.1) is 20.8 Å². The van der Waals surface area contributed by atoms with Crippen LogP contribution in [0.25, 0.3) is 0 Å². The molecule has 0 radical (unpaired) electrons. The van der Waals surface area contributed by atoms with E-state index in [9.17, 15) is 4.79 Å². The van der Waals surface area contributed by atoms with Gasteiger partial charge in [-0.3, -0.25) is 0 Å². The average molecular weight is 336 g/mol. The molecule has 1 aromatic rings. The summed E-state index contributed by atoms with van der Waals surface area (Å²) >= 11 is 0. The molecular formula is C18H28N2O4. The topological polar surface area (TPSA) is 74.0 Å². The van der Waals surface area contributed by atoms with Crippen LogP contribution in [0.2, 0.25) is 0 Å². The number of methoxy groups -OCH3 is 2. The van der Waals surface area contributed by atoms with Gasteiger partial charge in [-0.15, -0.1) is 0 Å². The van der Waals surface area contributed by atoms with E-state index >= 15 is 0 Å². The highest BCUT2D eigenvalue weighted by molar-refractivity contribution is 5.70. The van der Waals surface area contributed by atoms with Crippen LogP contribution in [-0.4, -0.2) is 36.9 Å². The second-order valence-electron chi connectivity index (χ2n) is 7.09. The first-order chi connectivity index (χ1) is 11.2. The maximum absolute atomic E-state index is 12.5. The molecule has 1 aromatic carbocycles. The third kappa shape index (κ3) is 3.59. The number of benzene rings is 1. The van der Waals surface area contributed by atoms with Crippen molar-refractivity contribution in [3.05, 3.63) is 22.8 Å². The maximum Gasteiger partial charge on any atom is 0.410 e. The number of carbonyl (C=O) groups is 1. The number of nitrogens with zero attached hydrogens (tertiary/aromatic N) is 1. The summed E-state index contributed by atoms with van der Waals surface area (Å²) in [6.45, 7) is 8.40. The summed E-state index contributed by atoms with van der Waals surface area (Å²) in [5, 5.41) is 0. The molecule has 2 rings (SSSR count). The van der Waals surface area contributed by atoms with Crippen molar-refractivity contribution in [2.45, 2.75) is 58.8 Å². The fourth-order valence-electron chi connectivity index (χ4n) is 3.06. The zero-order chi connectivity index (χ0) is 18.1. The number of amides is 1. The first-order valence-electron chi connectivity index (χ1n) is 8.17. The van der Waals surface area contributed by atoms with Crippen molar-refractivity contribution in [2.24, 2.45) is 5.73 Å². The molecule has 1 unspecified atom stereocenters.